The fraction of sp³-hybridized carbons (Fsp3) is 0.143. The van der Waals surface area contributed by atoms with E-state index in [4.69, 9.17) is 5.73 Å². The summed E-state index contributed by atoms with van der Waals surface area (Å²) in [6.07, 6.45) is 0. The van der Waals surface area contributed by atoms with E-state index in [9.17, 15) is 12.8 Å². The topological polar surface area (TPSA) is 63.4 Å². The zero-order chi connectivity index (χ0) is 15.6. The predicted octanol–water partition coefficient (Wildman–Crippen LogP) is 2.99. The number of hydrogen-bond acceptors (Lipinski definition) is 3. The predicted molar refractivity (Wildman–Crippen MR) is 83.6 cm³/mol. The molecule has 0 amide bonds. The second-order valence-electron chi connectivity index (χ2n) is 4.58. The summed E-state index contributed by atoms with van der Waals surface area (Å²) in [5.41, 5.74) is 6.57. The van der Waals surface area contributed by atoms with Gasteiger partial charge in [0, 0.05) is 23.8 Å². The summed E-state index contributed by atoms with van der Waals surface area (Å²) in [5, 5.41) is 0. The van der Waals surface area contributed by atoms with Crippen molar-refractivity contribution in [2.45, 2.75) is 11.4 Å². The summed E-state index contributed by atoms with van der Waals surface area (Å²) in [4.78, 5) is 0.0846. The van der Waals surface area contributed by atoms with Gasteiger partial charge in [0.15, 0.2) is 0 Å². The van der Waals surface area contributed by atoms with E-state index < -0.39 is 15.8 Å². The largest absolute Gasteiger partial charge is 0.399 e. The molecule has 0 atom stereocenters. The monoisotopic (exact) mass is 372 g/mol. The molecule has 0 bridgehead atoms. The summed E-state index contributed by atoms with van der Waals surface area (Å²) in [6.45, 7) is 0.0708. The molecule has 0 radical (unpaired) electrons. The van der Waals surface area contributed by atoms with Gasteiger partial charge in [-0.25, -0.2) is 12.8 Å². The Morgan fingerprint density at radius 3 is 2.62 bits per heavy atom. The van der Waals surface area contributed by atoms with Gasteiger partial charge in [-0.1, -0.05) is 12.1 Å². The molecule has 0 spiro atoms. The van der Waals surface area contributed by atoms with E-state index in [1.54, 1.807) is 24.3 Å². The Morgan fingerprint density at radius 2 is 1.95 bits per heavy atom. The van der Waals surface area contributed by atoms with E-state index >= 15 is 0 Å². The van der Waals surface area contributed by atoms with E-state index in [1.165, 1.54) is 25.2 Å². The van der Waals surface area contributed by atoms with Crippen molar-refractivity contribution in [2.75, 3.05) is 12.8 Å². The normalized spacial score (nSPS) is 11.8. The molecule has 0 fully saturated rings. The molecule has 0 unspecified atom stereocenters. The fourth-order valence-corrected chi connectivity index (χ4v) is 3.98. The number of nitrogens with zero attached hydrogens (tertiary/aromatic N) is 1. The molecule has 2 N–H and O–H groups in total. The van der Waals surface area contributed by atoms with E-state index in [0.29, 0.717) is 15.7 Å². The van der Waals surface area contributed by atoms with Crippen LogP contribution >= 0.6 is 15.9 Å². The Morgan fingerprint density at radius 1 is 1.24 bits per heavy atom. The van der Waals surface area contributed by atoms with Crippen LogP contribution in [0.3, 0.4) is 0 Å². The van der Waals surface area contributed by atoms with Crippen LogP contribution in [0.15, 0.2) is 51.8 Å². The van der Waals surface area contributed by atoms with Gasteiger partial charge in [-0.3, -0.25) is 0 Å². The first-order chi connectivity index (χ1) is 9.80. The van der Waals surface area contributed by atoms with Crippen LogP contribution in [0, 0.1) is 5.82 Å². The van der Waals surface area contributed by atoms with Crippen molar-refractivity contribution >= 4 is 31.6 Å². The standard InChI is InChI=1S/C14H14BrFN2O2S/c1-18(9-10-3-2-4-11(16)7-10)21(19,20)14-8-12(17)5-6-13(14)15/h2-8H,9,17H2,1H3. The molecule has 2 aromatic rings. The highest BCUT2D eigenvalue weighted by Crippen LogP contribution is 2.27. The van der Waals surface area contributed by atoms with Gasteiger partial charge in [0.2, 0.25) is 10.0 Å². The lowest BCUT2D eigenvalue weighted by atomic mass is 10.2. The minimum atomic E-state index is -3.72. The molecule has 0 saturated heterocycles. The Bertz CT molecular complexity index is 765. The van der Waals surface area contributed by atoms with Crippen molar-refractivity contribution < 1.29 is 12.8 Å². The maximum Gasteiger partial charge on any atom is 0.244 e. The molecule has 0 heterocycles. The Hall–Kier alpha value is -1.44. The van der Waals surface area contributed by atoms with Crippen molar-refractivity contribution in [2.24, 2.45) is 0 Å². The molecule has 7 heteroatoms. The molecule has 0 saturated carbocycles. The van der Waals surface area contributed by atoms with Gasteiger partial charge in [0.25, 0.3) is 0 Å². The van der Waals surface area contributed by atoms with Crippen molar-refractivity contribution in [3.05, 3.63) is 58.3 Å². The third-order valence-corrected chi connectivity index (χ3v) is 5.74. The summed E-state index contributed by atoms with van der Waals surface area (Å²) in [6, 6.07) is 10.4. The van der Waals surface area contributed by atoms with Crippen LogP contribution in [0.4, 0.5) is 10.1 Å². The number of anilines is 1. The number of benzene rings is 2. The van der Waals surface area contributed by atoms with E-state index in [1.807, 2.05) is 0 Å². The number of sulfonamides is 1. The van der Waals surface area contributed by atoms with Crippen LogP contribution in [0.2, 0.25) is 0 Å². The molecule has 21 heavy (non-hydrogen) atoms. The molecular formula is C14H14BrFN2O2S. The number of nitrogens with two attached hydrogens (primary N) is 1. The van der Waals surface area contributed by atoms with Gasteiger partial charge in [0.1, 0.15) is 5.82 Å². The molecule has 0 aliphatic carbocycles. The number of rotatable bonds is 4. The first-order valence-corrected chi connectivity index (χ1v) is 8.30. The van der Waals surface area contributed by atoms with Gasteiger partial charge in [-0.2, -0.15) is 4.31 Å². The lowest BCUT2D eigenvalue weighted by Gasteiger charge is -2.18. The number of halogens is 2. The summed E-state index contributed by atoms with van der Waals surface area (Å²) in [5.74, 6) is -0.400. The van der Waals surface area contributed by atoms with Gasteiger partial charge in [-0.15, -0.1) is 0 Å². The van der Waals surface area contributed by atoms with Crippen LogP contribution in [-0.4, -0.2) is 19.8 Å². The molecule has 2 aromatic carbocycles. The van der Waals surface area contributed by atoms with Crippen LogP contribution in [0.25, 0.3) is 0 Å². The summed E-state index contributed by atoms with van der Waals surface area (Å²) >= 11 is 3.21. The average molecular weight is 373 g/mol. The first kappa shape index (κ1) is 15.9. The van der Waals surface area contributed by atoms with Crippen molar-refractivity contribution in [1.29, 1.82) is 0 Å². The molecule has 0 aromatic heterocycles. The zero-order valence-corrected chi connectivity index (χ0v) is 13.7. The fourth-order valence-electron chi connectivity index (χ4n) is 1.86. The highest BCUT2D eigenvalue weighted by Gasteiger charge is 2.23. The number of hydrogen-bond donors (Lipinski definition) is 1. The molecule has 0 aliphatic heterocycles. The molecule has 112 valence electrons. The highest BCUT2D eigenvalue weighted by molar-refractivity contribution is 9.10. The molecular weight excluding hydrogens is 359 g/mol. The quantitative estimate of drug-likeness (QED) is 0.839. The summed E-state index contributed by atoms with van der Waals surface area (Å²) in [7, 11) is -2.28. The Balaban J connectivity index is 2.33. The first-order valence-electron chi connectivity index (χ1n) is 6.06. The second kappa shape index (κ2) is 6.13. The Labute approximate surface area is 131 Å². The van der Waals surface area contributed by atoms with E-state index in [2.05, 4.69) is 15.9 Å². The van der Waals surface area contributed by atoms with Crippen molar-refractivity contribution in [3.8, 4) is 0 Å². The molecule has 4 nitrogen and oxygen atoms in total. The van der Waals surface area contributed by atoms with Crippen molar-refractivity contribution in [1.82, 2.24) is 4.31 Å². The third-order valence-electron chi connectivity index (χ3n) is 2.94. The SMILES string of the molecule is CN(Cc1cccc(F)c1)S(=O)(=O)c1cc(N)ccc1Br. The molecule has 2 rings (SSSR count). The average Bonchev–Trinajstić information content (AvgIpc) is 2.41. The van der Waals surface area contributed by atoms with Crippen LogP contribution in [0.5, 0.6) is 0 Å². The maximum absolute atomic E-state index is 13.2. The maximum atomic E-state index is 13.2. The van der Waals surface area contributed by atoms with Gasteiger partial charge in [-0.05, 0) is 51.8 Å². The smallest absolute Gasteiger partial charge is 0.244 e. The minimum Gasteiger partial charge on any atom is -0.399 e. The lowest BCUT2D eigenvalue weighted by molar-refractivity contribution is 0.465. The van der Waals surface area contributed by atoms with Gasteiger partial charge < -0.3 is 5.73 Å². The number of nitrogen functional groups attached to an aromatic ring is 1. The van der Waals surface area contributed by atoms with Crippen LogP contribution in [0.1, 0.15) is 5.56 Å². The van der Waals surface area contributed by atoms with Crippen LogP contribution in [-0.2, 0) is 16.6 Å². The highest BCUT2D eigenvalue weighted by atomic mass is 79.9. The van der Waals surface area contributed by atoms with E-state index in [-0.39, 0.29) is 11.4 Å². The van der Waals surface area contributed by atoms with Crippen molar-refractivity contribution in [3.63, 3.8) is 0 Å². The minimum absolute atomic E-state index is 0.0708. The van der Waals surface area contributed by atoms with Gasteiger partial charge in [0.05, 0.1) is 4.90 Å². The van der Waals surface area contributed by atoms with Gasteiger partial charge >= 0.3 is 0 Å². The third kappa shape index (κ3) is 3.61. The zero-order valence-electron chi connectivity index (χ0n) is 11.3. The lowest BCUT2D eigenvalue weighted by Crippen LogP contribution is -2.27. The van der Waals surface area contributed by atoms with Crippen LogP contribution < -0.4 is 5.73 Å². The molecule has 0 aliphatic rings. The Kier molecular flexibility index (Phi) is 4.65. The second-order valence-corrected chi connectivity index (χ2v) is 7.45. The van der Waals surface area contributed by atoms with E-state index in [0.717, 1.165) is 4.31 Å². The summed E-state index contributed by atoms with van der Waals surface area (Å²) < 4.78 is 39.8.